The first kappa shape index (κ1) is 23.7. The molecule has 1 heterocycles. The Morgan fingerprint density at radius 3 is 2.00 bits per heavy atom. The molecule has 7 heteroatoms. The number of methoxy groups -OCH3 is 3. The van der Waals surface area contributed by atoms with Gasteiger partial charge in [0.15, 0.2) is 17.6 Å². The normalized spacial score (nSPS) is 15.4. The van der Waals surface area contributed by atoms with E-state index < -0.39 is 6.10 Å². The Labute approximate surface area is 190 Å². The molecule has 2 aromatic carbocycles. The van der Waals surface area contributed by atoms with Crippen LogP contribution in [-0.2, 0) is 11.3 Å². The number of rotatable bonds is 9. The summed E-state index contributed by atoms with van der Waals surface area (Å²) in [6, 6.07) is 13.9. The van der Waals surface area contributed by atoms with Gasteiger partial charge in [-0.15, -0.1) is 0 Å². The smallest absolute Gasteiger partial charge is 0.264 e. The minimum atomic E-state index is -0.599. The van der Waals surface area contributed by atoms with Crippen molar-refractivity contribution >= 4 is 5.91 Å². The molecule has 0 bridgehead atoms. The first-order valence-electron chi connectivity index (χ1n) is 11.0. The van der Waals surface area contributed by atoms with Crippen molar-refractivity contribution in [3.8, 4) is 23.0 Å². The summed E-state index contributed by atoms with van der Waals surface area (Å²) in [4.78, 5) is 17.6. The quantitative estimate of drug-likeness (QED) is 0.593. The molecular formula is C25H34N2O5. The maximum absolute atomic E-state index is 13.3. The highest BCUT2D eigenvalue weighted by Crippen LogP contribution is 2.41. The zero-order valence-electron chi connectivity index (χ0n) is 19.7. The van der Waals surface area contributed by atoms with E-state index in [1.54, 1.807) is 33.5 Å². The van der Waals surface area contributed by atoms with Crippen LogP contribution in [0.5, 0.6) is 23.0 Å². The molecule has 174 valence electrons. The molecule has 1 amide bonds. The second-order valence-corrected chi connectivity index (χ2v) is 8.23. The van der Waals surface area contributed by atoms with E-state index in [2.05, 4.69) is 29.2 Å². The highest BCUT2D eigenvalue weighted by Gasteiger charge is 2.31. The zero-order chi connectivity index (χ0) is 23.1. The Bertz CT molecular complexity index is 854. The van der Waals surface area contributed by atoms with E-state index in [4.69, 9.17) is 18.9 Å². The van der Waals surface area contributed by atoms with Crippen LogP contribution in [-0.4, -0.2) is 69.3 Å². The summed E-state index contributed by atoms with van der Waals surface area (Å²) in [5.74, 6) is 1.99. The van der Waals surface area contributed by atoms with Crippen molar-refractivity contribution in [2.24, 2.45) is 5.92 Å². The van der Waals surface area contributed by atoms with Gasteiger partial charge in [0.05, 0.1) is 21.3 Å². The van der Waals surface area contributed by atoms with Gasteiger partial charge in [-0.2, -0.15) is 0 Å². The fourth-order valence-corrected chi connectivity index (χ4v) is 3.89. The van der Waals surface area contributed by atoms with Crippen LogP contribution < -0.4 is 18.9 Å². The third-order valence-corrected chi connectivity index (χ3v) is 5.68. The Morgan fingerprint density at radius 2 is 1.50 bits per heavy atom. The van der Waals surface area contributed by atoms with E-state index in [0.29, 0.717) is 36.1 Å². The molecule has 3 rings (SSSR count). The van der Waals surface area contributed by atoms with Crippen molar-refractivity contribution in [1.29, 1.82) is 0 Å². The lowest BCUT2D eigenvalue weighted by molar-refractivity contribution is -0.142. The predicted octanol–water partition coefficient (Wildman–Crippen LogP) is 3.46. The number of carbonyl (C=O) groups excluding carboxylic acids is 1. The molecule has 0 spiro atoms. The summed E-state index contributed by atoms with van der Waals surface area (Å²) in [5.41, 5.74) is 1.29. The van der Waals surface area contributed by atoms with Gasteiger partial charge in [0.2, 0.25) is 5.75 Å². The number of hydrogen-bond acceptors (Lipinski definition) is 6. The number of amides is 1. The van der Waals surface area contributed by atoms with E-state index in [9.17, 15) is 4.79 Å². The summed E-state index contributed by atoms with van der Waals surface area (Å²) in [7, 11) is 4.67. The zero-order valence-corrected chi connectivity index (χ0v) is 19.7. The molecule has 0 saturated carbocycles. The van der Waals surface area contributed by atoms with Crippen LogP contribution in [0.15, 0.2) is 42.5 Å². The van der Waals surface area contributed by atoms with E-state index in [-0.39, 0.29) is 11.8 Å². The summed E-state index contributed by atoms with van der Waals surface area (Å²) in [5, 5.41) is 0. The Kier molecular flexibility index (Phi) is 8.22. The molecule has 0 N–H and O–H groups in total. The number of carbonyl (C=O) groups is 1. The van der Waals surface area contributed by atoms with Crippen LogP contribution in [0.25, 0.3) is 0 Å². The fraction of sp³-hybridized carbons (Fsp3) is 0.480. The second kappa shape index (κ2) is 11.1. The monoisotopic (exact) mass is 442 g/mol. The molecule has 0 radical (unpaired) electrons. The lowest BCUT2D eigenvalue weighted by Crippen LogP contribution is -2.53. The topological polar surface area (TPSA) is 60.5 Å². The minimum absolute atomic E-state index is 0.00365. The Morgan fingerprint density at radius 1 is 0.906 bits per heavy atom. The first-order valence-corrected chi connectivity index (χ1v) is 11.0. The standard InChI is InChI=1S/C25H34N2O5/c1-18(2)23(32-20-15-21(29-3)24(31-5)22(16-20)30-4)25(28)27-13-11-26(12-14-27)17-19-9-7-6-8-10-19/h6-10,15-16,18,23H,11-14,17H2,1-5H3. The maximum atomic E-state index is 13.3. The van der Waals surface area contributed by atoms with Gasteiger partial charge in [0.25, 0.3) is 5.91 Å². The van der Waals surface area contributed by atoms with Gasteiger partial charge in [-0.25, -0.2) is 0 Å². The van der Waals surface area contributed by atoms with Crippen LogP contribution in [0.2, 0.25) is 0 Å². The van der Waals surface area contributed by atoms with E-state index in [1.165, 1.54) is 5.56 Å². The van der Waals surface area contributed by atoms with Crippen LogP contribution in [0.4, 0.5) is 0 Å². The number of nitrogens with zero attached hydrogens (tertiary/aromatic N) is 2. The molecule has 1 unspecified atom stereocenters. The van der Waals surface area contributed by atoms with Gasteiger partial charge >= 0.3 is 0 Å². The van der Waals surface area contributed by atoms with Crippen LogP contribution in [0.1, 0.15) is 19.4 Å². The largest absolute Gasteiger partial charge is 0.493 e. The number of hydrogen-bond donors (Lipinski definition) is 0. The number of ether oxygens (including phenoxy) is 4. The Balaban J connectivity index is 1.67. The van der Waals surface area contributed by atoms with Gasteiger partial charge in [0, 0.05) is 44.9 Å². The van der Waals surface area contributed by atoms with Crippen molar-refractivity contribution in [1.82, 2.24) is 9.80 Å². The van der Waals surface area contributed by atoms with Crippen molar-refractivity contribution in [2.75, 3.05) is 47.5 Å². The van der Waals surface area contributed by atoms with Gasteiger partial charge in [-0.1, -0.05) is 44.2 Å². The molecule has 32 heavy (non-hydrogen) atoms. The van der Waals surface area contributed by atoms with Gasteiger partial charge < -0.3 is 23.8 Å². The van der Waals surface area contributed by atoms with Crippen LogP contribution in [0, 0.1) is 5.92 Å². The highest BCUT2D eigenvalue weighted by atomic mass is 16.5. The third kappa shape index (κ3) is 5.65. The lowest BCUT2D eigenvalue weighted by Gasteiger charge is -2.37. The van der Waals surface area contributed by atoms with Gasteiger partial charge in [-0.3, -0.25) is 9.69 Å². The average Bonchev–Trinajstić information content (AvgIpc) is 2.82. The second-order valence-electron chi connectivity index (χ2n) is 8.23. The fourth-order valence-electron chi connectivity index (χ4n) is 3.89. The molecule has 1 aliphatic rings. The van der Waals surface area contributed by atoms with Gasteiger partial charge in [-0.05, 0) is 11.5 Å². The Hall–Kier alpha value is -2.93. The molecule has 0 aliphatic carbocycles. The van der Waals surface area contributed by atoms with E-state index >= 15 is 0 Å². The SMILES string of the molecule is COc1cc(OC(C(=O)N2CCN(Cc3ccccc3)CC2)C(C)C)cc(OC)c1OC. The van der Waals surface area contributed by atoms with Crippen LogP contribution >= 0.6 is 0 Å². The lowest BCUT2D eigenvalue weighted by atomic mass is 10.1. The summed E-state index contributed by atoms with van der Waals surface area (Å²) >= 11 is 0. The van der Waals surface area contributed by atoms with Crippen molar-refractivity contribution in [2.45, 2.75) is 26.5 Å². The first-order chi connectivity index (χ1) is 15.5. The number of benzene rings is 2. The van der Waals surface area contributed by atoms with Gasteiger partial charge in [0.1, 0.15) is 5.75 Å². The van der Waals surface area contributed by atoms with E-state index in [1.807, 2.05) is 24.8 Å². The molecule has 0 aromatic heterocycles. The highest BCUT2D eigenvalue weighted by molar-refractivity contribution is 5.81. The number of piperazine rings is 1. The van der Waals surface area contributed by atoms with Crippen molar-refractivity contribution in [3.05, 3.63) is 48.0 Å². The van der Waals surface area contributed by atoms with Crippen molar-refractivity contribution < 1.29 is 23.7 Å². The minimum Gasteiger partial charge on any atom is -0.493 e. The molecule has 1 atom stereocenters. The van der Waals surface area contributed by atoms with E-state index in [0.717, 1.165) is 19.6 Å². The molecule has 1 fully saturated rings. The van der Waals surface area contributed by atoms with Crippen LogP contribution in [0.3, 0.4) is 0 Å². The molecule has 1 saturated heterocycles. The third-order valence-electron chi connectivity index (χ3n) is 5.68. The molecule has 7 nitrogen and oxygen atoms in total. The molecule has 2 aromatic rings. The summed E-state index contributed by atoms with van der Waals surface area (Å²) in [6.07, 6.45) is -0.599. The van der Waals surface area contributed by atoms with Crippen molar-refractivity contribution in [3.63, 3.8) is 0 Å². The predicted molar refractivity (Wildman–Crippen MR) is 124 cm³/mol. The maximum Gasteiger partial charge on any atom is 0.264 e. The summed E-state index contributed by atoms with van der Waals surface area (Å²) in [6.45, 7) is 7.95. The summed E-state index contributed by atoms with van der Waals surface area (Å²) < 4.78 is 22.4. The molecule has 1 aliphatic heterocycles. The average molecular weight is 443 g/mol. The molecular weight excluding hydrogens is 408 g/mol.